The van der Waals surface area contributed by atoms with Gasteiger partial charge in [0.25, 0.3) is 0 Å². The molecule has 1 nitrogen and oxygen atoms in total. The van der Waals surface area contributed by atoms with Crippen LogP contribution in [0.3, 0.4) is 0 Å². The molecule has 0 spiro atoms. The molecule has 1 aromatic heterocycles. The van der Waals surface area contributed by atoms with Crippen molar-refractivity contribution < 1.29 is 0 Å². The van der Waals surface area contributed by atoms with E-state index in [1.54, 1.807) is 0 Å². The Balaban J connectivity index is 2.04. The van der Waals surface area contributed by atoms with Crippen LogP contribution in [0.1, 0.15) is 22.7 Å². The Morgan fingerprint density at radius 3 is 2.75 bits per heavy atom. The van der Waals surface area contributed by atoms with Gasteiger partial charge in [-0.15, -0.1) is 11.8 Å². The molecular weight excluding hydrogens is 214 g/mol. The van der Waals surface area contributed by atoms with Gasteiger partial charge in [-0.2, -0.15) is 0 Å². The van der Waals surface area contributed by atoms with Crippen LogP contribution in [0.5, 0.6) is 0 Å². The van der Waals surface area contributed by atoms with Crippen molar-refractivity contribution in [2.75, 3.05) is 5.75 Å². The average Bonchev–Trinajstić information content (AvgIpc) is 2.73. The van der Waals surface area contributed by atoms with Crippen molar-refractivity contribution >= 4 is 11.8 Å². The van der Waals surface area contributed by atoms with Gasteiger partial charge in [-0.05, 0) is 24.1 Å². The van der Waals surface area contributed by atoms with Gasteiger partial charge in [0.1, 0.15) is 5.03 Å². The Kier molecular flexibility index (Phi) is 2.44. The van der Waals surface area contributed by atoms with E-state index in [0.717, 1.165) is 11.4 Å². The molecule has 1 aliphatic heterocycles. The largest absolute Gasteiger partial charge is 0.247 e. The third-order valence-corrected chi connectivity index (χ3v) is 4.09. The van der Waals surface area contributed by atoms with Crippen molar-refractivity contribution in [3.63, 3.8) is 0 Å². The summed E-state index contributed by atoms with van der Waals surface area (Å²) in [5.74, 6) is 1.64. The van der Waals surface area contributed by atoms with E-state index in [0.29, 0.717) is 5.92 Å². The lowest BCUT2D eigenvalue weighted by Crippen LogP contribution is -1.99. The Labute approximate surface area is 99.9 Å². The van der Waals surface area contributed by atoms with E-state index in [9.17, 15) is 0 Å². The third-order valence-electron chi connectivity index (χ3n) is 2.99. The number of benzene rings is 1. The van der Waals surface area contributed by atoms with Gasteiger partial charge in [0.15, 0.2) is 0 Å². The fourth-order valence-electron chi connectivity index (χ4n) is 2.14. The first-order chi connectivity index (χ1) is 7.84. The van der Waals surface area contributed by atoms with Crippen LogP contribution >= 0.6 is 11.8 Å². The van der Waals surface area contributed by atoms with Crippen molar-refractivity contribution in [3.05, 3.63) is 59.3 Å². The molecule has 3 rings (SSSR count). The number of hydrogen-bond acceptors (Lipinski definition) is 2. The number of nitrogens with zero attached hydrogens (tertiary/aromatic N) is 1. The molecule has 16 heavy (non-hydrogen) atoms. The van der Waals surface area contributed by atoms with Crippen molar-refractivity contribution in [2.45, 2.75) is 17.9 Å². The maximum absolute atomic E-state index is 4.59. The molecule has 0 fully saturated rings. The summed E-state index contributed by atoms with van der Waals surface area (Å²) in [6, 6.07) is 15.1. The van der Waals surface area contributed by atoms with Gasteiger partial charge in [0.2, 0.25) is 0 Å². The Morgan fingerprint density at radius 1 is 1.12 bits per heavy atom. The van der Waals surface area contributed by atoms with Crippen LogP contribution in [0.25, 0.3) is 0 Å². The number of aryl methyl sites for hydroxylation is 1. The summed E-state index contributed by atoms with van der Waals surface area (Å²) in [5, 5.41) is 1.22. The van der Waals surface area contributed by atoms with Gasteiger partial charge >= 0.3 is 0 Å². The lowest BCUT2D eigenvalue weighted by Gasteiger charge is -2.10. The van der Waals surface area contributed by atoms with Crippen LogP contribution in [0.4, 0.5) is 0 Å². The van der Waals surface area contributed by atoms with Gasteiger partial charge in [0, 0.05) is 17.4 Å². The minimum Gasteiger partial charge on any atom is -0.247 e. The van der Waals surface area contributed by atoms with Gasteiger partial charge in [-0.3, -0.25) is 0 Å². The molecule has 1 atom stereocenters. The normalized spacial score (nSPS) is 18.4. The number of rotatable bonds is 1. The number of thioether (sulfide) groups is 1. The third kappa shape index (κ3) is 1.63. The summed E-state index contributed by atoms with van der Waals surface area (Å²) < 4.78 is 0. The van der Waals surface area contributed by atoms with E-state index in [-0.39, 0.29) is 0 Å². The van der Waals surface area contributed by atoms with E-state index < -0.39 is 0 Å². The van der Waals surface area contributed by atoms with Gasteiger partial charge in [-0.1, -0.05) is 36.4 Å². The highest BCUT2D eigenvalue weighted by Gasteiger charge is 2.25. The summed E-state index contributed by atoms with van der Waals surface area (Å²) in [5.41, 5.74) is 3.90. The standard InChI is InChI=1S/C14H13NS/c1-10-7-8-12-13(9-16-14(12)15-10)11-5-3-2-4-6-11/h2-8,13H,9H2,1H3. The smallest absolute Gasteiger partial charge is 0.100 e. The topological polar surface area (TPSA) is 12.9 Å². The lowest BCUT2D eigenvalue weighted by atomic mass is 9.94. The second-order valence-corrected chi connectivity index (χ2v) is 5.13. The first kappa shape index (κ1) is 9.91. The van der Waals surface area contributed by atoms with Crippen LogP contribution < -0.4 is 0 Å². The summed E-state index contributed by atoms with van der Waals surface area (Å²) in [7, 11) is 0. The van der Waals surface area contributed by atoms with E-state index in [1.165, 1.54) is 16.2 Å². The second kappa shape index (κ2) is 3.95. The van der Waals surface area contributed by atoms with E-state index in [2.05, 4.69) is 54.4 Å². The summed E-state index contributed by atoms with van der Waals surface area (Å²) >= 11 is 1.87. The van der Waals surface area contributed by atoms with E-state index >= 15 is 0 Å². The minimum atomic E-state index is 0.522. The van der Waals surface area contributed by atoms with Crippen LogP contribution in [0.15, 0.2) is 47.5 Å². The summed E-state index contributed by atoms with van der Waals surface area (Å²) in [6.45, 7) is 2.05. The molecule has 0 saturated carbocycles. The highest BCUT2D eigenvalue weighted by molar-refractivity contribution is 7.99. The molecule has 1 aliphatic rings. The first-order valence-electron chi connectivity index (χ1n) is 5.50. The predicted molar refractivity (Wildman–Crippen MR) is 68.0 cm³/mol. The molecule has 2 heterocycles. The molecule has 0 saturated heterocycles. The zero-order valence-corrected chi connectivity index (χ0v) is 10.00. The predicted octanol–water partition coefficient (Wildman–Crippen LogP) is 3.63. The monoisotopic (exact) mass is 227 g/mol. The number of pyridine rings is 1. The molecule has 0 amide bonds. The SMILES string of the molecule is Cc1ccc2c(n1)SCC2c1ccccc1. The minimum absolute atomic E-state index is 0.522. The summed E-state index contributed by atoms with van der Waals surface area (Å²) in [6.07, 6.45) is 0. The van der Waals surface area contributed by atoms with Crippen molar-refractivity contribution in [2.24, 2.45) is 0 Å². The highest BCUT2D eigenvalue weighted by Crippen LogP contribution is 2.41. The zero-order chi connectivity index (χ0) is 11.0. The van der Waals surface area contributed by atoms with Gasteiger partial charge in [-0.25, -0.2) is 4.98 Å². The van der Waals surface area contributed by atoms with Crippen LogP contribution in [0, 0.1) is 6.92 Å². The zero-order valence-electron chi connectivity index (χ0n) is 9.18. The Hall–Kier alpha value is -1.28. The molecule has 80 valence electrons. The quantitative estimate of drug-likeness (QED) is 0.738. The molecule has 2 aromatic rings. The van der Waals surface area contributed by atoms with Crippen molar-refractivity contribution in [1.82, 2.24) is 4.98 Å². The molecule has 0 aliphatic carbocycles. The molecule has 1 unspecified atom stereocenters. The average molecular weight is 227 g/mol. The molecular formula is C14H13NS. The fourth-order valence-corrected chi connectivity index (χ4v) is 3.42. The Morgan fingerprint density at radius 2 is 1.94 bits per heavy atom. The number of aromatic nitrogens is 1. The van der Waals surface area contributed by atoms with Gasteiger partial charge < -0.3 is 0 Å². The van der Waals surface area contributed by atoms with Crippen molar-refractivity contribution in [3.8, 4) is 0 Å². The maximum atomic E-state index is 4.59. The molecule has 2 heteroatoms. The number of fused-ring (bicyclic) bond motifs is 1. The number of hydrogen-bond donors (Lipinski definition) is 0. The van der Waals surface area contributed by atoms with E-state index in [4.69, 9.17) is 0 Å². The van der Waals surface area contributed by atoms with Crippen LogP contribution in [-0.2, 0) is 0 Å². The van der Waals surface area contributed by atoms with Gasteiger partial charge in [0.05, 0.1) is 0 Å². The van der Waals surface area contributed by atoms with Crippen LogP contribution in [-0.4, -0.2) is 10.7 Å². The fraction of sp³-hybridized carbons (Fsp3) is 0.214. The second-order valence-electron chi connectivity index (χ2n) is 4.12. The molecule has 1 aromatic carbocycles. The molecule has 0 bridgehead atoms. The maximum Gasteiger partial charge on any atom is 0.100 e. The molecule has 0 N–H and O–H groups in total. The van der Waals surface area contributed by atoms with Crippen molar-refractivity contribution in [1.29, 1.82) is 0 Å². The lowest BCUT2D eigenvalue weighted by molar-refractivity contribution is 0.901. The Bertz CT molecular complexity index is 507. The van der Waals surface area contributed by atoms with E-state index in [1.807, 2.05) is 11.8 Å². The van der Waals surface area contributed by atoms with Crippen LogP contribution in [0.2, 0.25) is 0 Å². The molecule has 0 radical (unpaired) electrons. The first-order valence-corrected chi connectivity index (χ1v) is 6.48. The summed E-state index contributed by atoms with van der Waals surface area (Å²) in [4.78, 5) is 4.59. The highest BCUT2D eigenvalue weighted by atomic mass is 32.2.